The number of nitrogens with one attached hydrogen (secondary N) is 2. The summed E-state index contributed by atoms with van der Waals surface area (Å²) in [7, 11) is 0. The zero-order chi connectivity index (χ0) is 13.7. The molecule has 6 nitrogen and oxygen atoms in total. The molecule has 1 aromatic carbocycles. The number of carbonyl (C=O) groups is 1. The Morgan fingerprint density at radius 3 is 2.68 bits per heavy atom. The molecule has 2 rings (SSSR count). The Kier molecular flexibility index (Phi) is 4.04. The highest BCUT2D eigenvalue weighted by atomic mass is 16.3. The fourth-order valence-corrected chi connectivity index (χ4v) is 1.62. The number of nitrogens with zero attached hydrogens (tertiary/aromatic N) is 1. The molecule has 1 heterocycles. The number of aliphatic hydroxyl groups is 1. The van der Waals surface area contributed by atoms with E-state index in [0.29, 0.717) is 0 Å². The Bertz CT molecular complexity index is 590. The molecular formula is C13H13N3O3. The Balaban J connectivity index is 2.13. The number of aromatic nitrogens is 2. The van der Waals surface area contributed by atoms with Gasteiger partial charge >= 0.3 is 0 Å². The van der Waals surface area contributed by atoms with Crippen LogP contribution in [0.3, 0.4) is 0 Å². The second-order valence-corrected chi connectivity index (χ2v) is 3.92. The van der Waals surface area contributed by atoms with Gasteiger partial charge in [0.15, 0.2) is 0 Å². The van der Waals surface area contributed by atoms with E-state index in [0.717, 1.165) is 11.8 Å². The average molecular weight is 259 g/mol. The molecule has 0 saturated carbocycles. The van der Waals surface area contributed by atoms with Gasteiger partial charge in [0, 0.05) is 6.20 Å². The highest BCUT2D eigenvalue weighted by molar-refractivity contribution is 5.92. The normalized spacial score (nSPS) is 11.8. The minimum atomic E-state index is -0.512. The molecule has 0 aliphatic rings. The Hall–Kier alpha value is -2.47. The molecule has 6 heteroatoms. The molecule has 3 N–H and O–H groups in total. The van der Waals surface area contributed by atoms with Crippen LogP contribution in [0.1, 0.15) is 22.1 Å². The highest BCUT2D eigenvalue weighted by Crippen LogP contribution is 2.11. The largest absolute Gasteiger partial charge is 0.394 e. The van der Waals surface area contributed by atoms with E-state index in [4.69, 9.17) is 0 Å². The summed E-state index contributed by atoms with van der Waals surface area (Å²) < 4.78 is 0. The van der Waals surface area contributed by atoms with Crippen molar-refractivity contribution in [2.75, 3.05) is 6.61 Å². The predicted octanol–water partition coefficient (Wildman–Crippen LogP) is 0.233. The quantitative estimate of drug-likeness (QED) is 0.732. The van der Waals surface area contributed by atoms with Crippen molar-refractivity contribution in [3.05, 3.63) is 64.3 Å². The highest BCUT2D eigenvalue weighted by Gasteiger charge is 2.15. The van der Waals surface area contributed by atoms with Gasteiger partial charge in [0.05, 0.1) is 18.8 Å². The fourth-order valence-electron chi connectivity index (χ4n) is 1.62. The summed E-state index contributed by atoms with van der Waals surface area (Å²) in [4.78, 5) is 28.8. The number of rotatable bonds is 4. The maximum atomic E-state index is 11.9. The molecule has 98 valence electrons. The lowest BCUT2D eigenvalue weighted by Gasteiger charge is -2.16. The molecule has 0 radical (unpaired) electrons. The summed E-state index contributed by atoms with van der Waals surface area (Å²) in [5, 5.41) is 12.0. The maximum Gasteiger partial charge on any atom is 0.271 e. The molecule has 0 aliphatic heterocycles. The van der Waals surface area contributed by atoms with Gasteiger partial charge in [-0.05, 0) is 5.56 Å². The molecule has 0 unspecified atom stereocenters. The standard InChI is InChI=1S/C13H13N3O3/c17-8-11(9-4-2-1-3-5-9)16-13(19)10-6-15-12(18)7-14-10/h1-7,11,17H,8H2,(H,15,18)(H,16,19)/t11-/m0/s1. The van der Waals surface area contributed by atoms with E-state index in [1.807, 2.05) is 30.3 Å². The van der Waals surface area contributed by atoms with Gasteiger partial charge in [-0.2, -0.15) is 0 Å². The van der Waals surface area contributed by atoms with Crippen molar-refractivity contribution in [1.29, 1.82) is 0 Å². The van der Waals surface area contributed by atoms with Crippen molar-refractivity contribution in [3.63, 3.8) is 0 Å². The molecule has 0 fully saturated rings. The third kappa shape index (κ3) is 3.26. The van der Waals surface area contributed by atoms with Gasteiger partial charge in [-0.25, -0.2) is 4.98 Å². The zero-order valence-corrected chi connectivity index (χ0v) is 10.0. The molecule has 1 atom stereocenters. The van der Waals surface area contributed by atoms with Crippen LogP contribution in [0, 0.1) is 0 Å². The maximum absolute atomic E-state index is 11.9. The minimum absolute atomic E-state index is 0.0916. The zero-order valence-electron chi connectivity index (χ0n) is 10.0. The molecule has 0 bridgehead atoms. The van der Waals surface area contributed by atoms with Crippen molar-refractivity contribution >= 4 is 5.91 Å². The van der Waals surface area contributed by atoms with Crippen LogP contribution in [0.2, 0.25) is 0 Å². The van der Waals surface area contributed by atoms with Gasteiger partial charge in [0.25, 0.3) is 11.5 Å². The van der Waals surface area contributed by atoms with Gasteiger partial charge in [0.1, 0.15) is 5.69 Å². The Morgan fingerprint density at radius 2 is 2.11 bits per heavy atom. The number of aromatic amines is 1. The van der Waals surface area contributed by atoms with Crippen molar-refractivity contribution in [2.24, 2.45) is 0 Å². The van der Waals surface area contributed by atoms with Crippen LogP contribution < -0.4 is 10.9 Å². The van der Waals surface area contributed by atoms with Crippen LogP contribution in [0.4, 0.5) is 0 Å². The van der Waals surface area contributed by atoms with E-state index in [1.54, 1.807) is 0 Å². The van der Waals surface area contributed by atoms with Gasteiger partial charge in [-0.15, -0.1) is 0 Å². The Morgan fingerprint density at radius 1 is 1.37 bits per heavy atom. The predicted molar refractivity (Wildman–Crippen MR) is 68.6 cm³/mol. The molecule has 0 saturated heterocycles. The van der Waals surface area contributed by atoms with Crippen LogP contribution in [-0.2, 0) is 0 Å². The number of amides is 1. The molecular weight excluding hydrogens is 246 g/mol. The second kappa shape index (κ2) is 5.92. The number of carbonyl (C=O) groups excluding carboxylic acids is 1. The summed E-state index contributed by atoms with van der Waals surface area (Å²) in [6, 6.07) is 8.60. The van der Waals surface area contributed by atoms with Crippen molar-refractivity contribution < 1.29 is 9.90 Å². The van der Waals surface area contributed by atoms with Gasteiger partial charge in [-0.3, -0.25) is 9.59 Å². The van der Waals surface area contributed by atoms with Gasteiger partial charge < -0.3 is 15.4 Å². The number of hydrogen-bond acceptors (Lipinski definition) is 4. The lowest BCUT2D eigenvalue weighted by molar-refractivity contribution is 0.0910. The van der Waals surface area contributed by atoms with Crippen LogP contribution in [0.15, 0.2) is 47.5 Å². The number of aliphatic hydroxyl groups excluding tert-OH is 1. The smallest absolute Gasteiger partial charge is 0.271 e. The summed E-state index contributed by atoms with van der Waals surface area (Å²) in [5.74, 6) is -0.459. The van der Waals surface area contributed by atoms with E-state index in [9.17, 15) is 14.7 Å². The monoisotopic (exact) mass is 259 g/mol. The van der Waals surface area contributed by atoms with E-state index in [2.05, 4.69) is 15.3 Å². The molecule has 0 aliphatic carbocycles. The van der Waals surface area contributed by atoms with Crippen LogP contribution in [-0.4, -0.2) is 27.6 Å². The number of H-pyrrole nitrogens is 1. The molecule has 0 spiro atoms. The number of benzene rings is 1. The first kappa shape index (κ1) is 13.0. The van der Waals surface area contributed by atoms with Gasteiger partial charge in [-0.1, -0.05) is 30.3 Å². The van der Waals surface area contributed by atoms with E-state index < -0.39 is 11.9 Å². The van der Waals surface area contributed by atoms with Crippen molar-refractivity contribution in [2.45, 2.75) is 6.04 Å². The van der Waals surface area contributed by atoms with Crippen molar-refractivity contribution in [3.8, 4) is 0 Å². The molecule has 1 aromatic heterocycles. The molecule has 19 heavy (non-hydrogen) atoms. The first-order chi connectivity index (χ1) is 9.20. The first-order valence-electron chi connectivity index (χ1n) is 5.72. The fraction of sp³-hybridized carbons (Fsp3) is 0.154. The lowest BCUT2D eigenvalue weighted by atomic mass is 10.1. The third-order valence-electron chi connectivity index (χ3n) is 2.59. The second-order valence-electron chi connectivity index (χ2n) is 3.92. The Labute approximate surface area is 109 Å². The van der Waals surface area contributed by atoms with Crippen LogP contribution in [0.25, 0.3) is 0 Å². The van der Waals surface area contributed by atoms with E-state index in [1.165, 1.54) is 6.20 Å². The summed E-state index contributed by atoms with van der Waals surface area (Å²) in [6.45, 7) is -0.223. The molecule has 2 aromatic rings. The SMILES string of the molecule is O=C(N[C@@H](CO)c1ccccc1)c1c[nH]c(=O)cn1. The summed E-state index contributed by atoms with van der Waals surface area (Å²) in [5.41, 5.74) is 0.509. The van der Waals surface area contributed by atoms with Crippen LogP contribution >= 0.6 is 0 Å². The summed E-state index contributed by atoms with van der Waals surface area (Å²) >= 11 is 0. The average Bonchev–Trinajstić information content (AvgIpc) is 2.46. The van der Waals surface area contributed by atoms with Gasteiger partial charge in [0.2, 0.25) is 0 Å². The van der Waals surface area contributed by atoms with Crippen molar-refractivity contribution in [1.82, 2.24) is 15.3 Å². The summed E-state index contributed by atoms with van der Waals surface area (Å²) in [6.07, 6.45) is 2.27. The number of hydrogen-bond donors (Lipinski definition) is 3. The van der Waals surface area contributed by atoms with Crippen LogP contribution in [0.5, 0.6) is 0 Å². The first-order valence-corrected chi connectivity index (χ1v) is 5.72. The minimum Gasteiger partial charge on any atom is -0.394 e. The van der Waals surface area contributed by atoms with E-state index in [-0.39, 0.29) is 17.9 Å². The molecule has 1 amide bonds. The third-order valence-corrected chi connectivity index (χ3v) is 2.59. The topological polar surface area (TPSA) is 95.1 Å². The lowest BCUT2D eigenvalue weighted by Crippen LogP contribution is -2.31. The van der Waals surface area contributed by atoms with E-state index >= 15 is 0 Å².